The van der Waals surface area contributed by atoms with Crippen LogP contribution in [0.15, 0.2) is 25.3 Å². The lowest BCUT2D eigenvalue weighted by atomic mass is 10.3. The largest absolute Gasteiger partial charge is 0.460 e. The van der Waals surface area contributed by atoms with Crippen LogP contribution in [0.25, 0.3) is 0 Å². The van der Waals surface area contributed by atoms with Gasteiger partial charge in [0.15, 0.2) is 0 Å². The molecule has 0 N–H and O–H groups in total. The van der Waals surface area contributed by atoms with Gasteiger partial charge in [-0.25, -0.2) is 9.59 Å². The van der Waals surface area contributed by atoms with Crippen molar-refractivity contribution in [2.75, 3.05) is 52.9 Å². The summed E-state index contributed by atoms with van der Waals surface area (Å²) in [4.78, 5) is 21.8. The molecule has 0 aliphatic heterocycles. The number of hydrogen-bond acceptors (Lipinski definition) is 9. The zero-order valence-electron chi connectivity index (χ0n) is 19.2. The Labute approximate surface area is 185 Å². The van der Waals surface area contributed by atoms with Gasteiger partial charge in [0.2, 0.25) is 0 Å². The molecule has 0 aromatic carbocycles. The Hall–Kier alpha value is -1.78. The molecule has 0 spiro atoms. The molecule has 0 bridgehead atoms. The summed E-state index contributed by atoms with van der Waals surface area (Å²) in [6.45, 7) is 16.9. The van der Waals surface area contributed by atoms with Gasteiger partial charge in [-0.2, -0.15) is 0 Å². The van der Waals surface area contributed by atoms with Gasteiger partial charge < -0.3 is 33.2 Å². The second-order valence-corrected chi connectivity index (χ2v) is 6.93. The molecular weight excluding hydrogens is 408 g/mol. The van der Waals surface area contributed by atoms with Crippen LogP contribution in [0.4, 0.5) is 0 Å². The van der Waals surface area contributed by atoms with Gasteiger partial charge >= 0.3 is 11.9 Å². The lowest BCUT2D eigenvalue weighted by Crippen LogP contribution is -2.28. The molecular formula is C22H38O9. The molecule has 0 amide bonds. The average Bonchev–Trinajstić information content (AvgIpc) is 2.76. The van der Waals surface area contributed by atoms with Crippen molar-refractivity contribution in [3.8, 4) is 0 Å². The zero-order valence-corrected chi connectivity index (χ0v) is 19.2. The second-order valence-electron chi connectivity index (χ2n) is 6.93. The normalized spacial score (nSPS) is 14.8. The van der Waals surface area contributed by atoms with E-state index in [9.17, 15) is 9.59 Å². The molecule has 0 rings (SSSR count). The second kappa shape index (κ2) is 18.9. The molecule has 0 radical (unpaired) electrons. The van der Waals surface area contributed by atoms with Crippen molar-refractivity contribution < 1.29 is 42.7 Å². The Morgan fingerprint density at radius 3 is 1.45 bits per heavy atom. The summed E-state index contributed by atoms with van der Waals surface area (Å²) in [5.74, 6) is -0.935. The Balaban J connectivity index is 3.69. The third kappa shape index (κ3) is 18.7. The highest BCUT2D eigenvalue weighted by Crippen LogP contribution is 2.02. The van der Waals surface area contributed by atoms with Crippen LogP contribution >= 0.6 is 0 Å². The van der Waals surface area contributed by atoms with Crippen LogP contribution in [-0.2, 0) is 42.7 Å². The summed E-state index contributed by atoms with van der Waals surface area (Å²) in [6.07, 6.45) is 1.77. The molecule has 0 heterocycles. The molecule has 31 heavy (non-hydrogen) atoms. The fraction of sp³-hybridized carbons (Fsp3) is 0.727. The molecule has 9 nitrogen and oxygen atoms in total. The Bertz CT molecular complexity index is 509. The molecule has 0 aromatic heterocycles. The highest BCUT2D eigenvalue weighted by molar-refractivity contribution is 5.81. The molecule has 0 fully saturated rings. The van der Waals surface area contributed by atoms with E-state index in [0.29, 0.717) is 39.6 Å². The molecule has 9 heteroatoms. The maximum absolute atomic E-state index is 10.9. The Morgan fingerprint density at radius 1 is 0.613 bits per heavy atom. The Kier molecular flexibility index (Phi) is 17.9. The number of carbonyl (C=O) groups is 2. The molecule has 0 saturated carbocycles. The summed E-state index contributed by atoms with van der Waals surface area (Å²) in [5, 5.41) is 0. The van der Waals surface area contributed by atoms with Crippen molar-refractivity contribution >= 4 is 11.9 Å². The number of carbonyl (C=O) groups excluding carboxylic acids is 2. The van der Waals surface area contributed by atoms with Crippen molar-refractivity contribution in [1.82, 2.24) is 0 Å². The van der Waals surface area contributed by atoms with Gasteiger partial charge in [0.1, 0.15) is 13.2 Å². The lowest BCUT2D eigenvalue weighted by Gasteiger charge is -2.21. The van der Waals surface area contributed by atoms with Gasteiger partial charge in [-0.15, -0.1) is 0 Å². The van der Waals surface area contributed by atoms with E-state index in [1.165, 1.54) is 0 Å². The van der Waals surface area contributed by atoms with E-state index >= 15 is 0 Å². The van der Waals surface area contributed by atoms with E-state index in [-0.39, 0.29) is 37.6 Å². The Morgan fingerprint density at radius 2 is 1.00 bits per heavy atom. The predicted molar refractivity (Wildman–Crippen MR) is 115 cm³/mol. The van der Waals surface area contributed by atoms with Crippen LogP contribution in [0.3, 0.4) is 0 Å². The highest BCUT2D eigenvalue weighted by atomic mass is 16.6. The summed E-state index contributed by atoms with van der Waals surface area (Å²) in [6, 6.07) is 0. The molecule has 0 aliphatic carbocycles. The van der Waals surface area contributed by atoms with Crippen LogP contribution in [0, 0.1) is 0 Å². The summed E-state index contributed by atoms with van der Waals surface area (Å²) in [5.41, 5.74) is 0. The van der Waals surface area contributed by atoms with E-state index < -0.39 is 11.9 Å². The monoisotopic (exact) mass is 446 g/mol. The lowest BCUT2D eigenvalue weighted by molar-refractivity contribution is -0.141. The maximum Gasteiger partial charge on any atom is 0.330 e. The topological polar surface area (TPSA) is 98.8 Å². The van der Waals surface area contributed by atoms with E-state index in [0.717, 1.165) is 12.2 Å². The van der Waals surface area contributed by atoms with Crippen molar-refractivity contribution in [1.29, 1.82) is 0 Å². The van der Waals surface area contributed by atoms with Crippen molar-refractivity contribution in [3.63, 3.8) is 0 Å². The van der Waals surface area contributed by atoms with E-state index in [1.54, 1.807) is 0 Å². The van der Waals surface area contributed by atoms with Crippen LogP contribution in [0.5, 0.6) is 0 Å². The van der Waals surface area contributed by atoms with Crippen LogP contribution in [0.1, 0.15) is 27.7 Å². The first-order valence-corrected chi connectivity index (χ1v) is 10.4. The predicted octanol–water partition coefficient (Wildman–Crippen LogP) is 2.08. The summed E-state index contributed by atoms with van der Waals surface area (Å²) < 4.78 is 37.7. The fourth-order valence-electron chi connectivity index (χ4n) is 2.05. The molecule has 4 unspecified atom stereocenters. The zero-order chi connectivity index (χ0) is 23.5. The van der Waals surface area contributed by atoms with E-state index in [4.69, 9.17) is 33.2 Å². The van der Waals surface area contributed by atoms with Gasteiger partial charge in [0.25, 0.3) is 0 Å². The molecule has 0 saturated heterocycles. The molecule has 180 valence electrons. The van der Waals surface area contributed by atoms with Crippen LogP contribution in [-0.4, -0.2) is 89.2 Å². The van der Waals surface area contributed by atoms with Gasteiger partial charge in [-0.1, -0.05) is 13.2 Å². The van der Waals surface area contributed by atoms with Gasteiger partial charge in [-0.05, 0) is 27.7 Å². The maximum atomic E-state index is 10.9. The van der Waals surface area contributed by atoms with Gasteiger partial charge in [-0.3, -0.25) is 0 Å². The first kappa shape index (κ1) is 29.2. The van der Waals surface area contributed by atoms with Crippen LogP contribution in [0.2, 0.25) is 0 Å². The molecule has 0 aromatic rings. The number of hydrogen-bond donors (Lipinski definition) is 0. The van der Waals surface area contributed by atoms with Crippen molar-refractivity contribution in [2.45, 2.75) is 52.1 Å². The minimum Gasteiger partial charge on any atom is -0.460 e. The first-order valence-electron chi connectivity index (χ1n) is 10.4. The SMILES string of the molecule is C=CC(=O)OCCOCC(C)OCC(C)OCC(C)OCC(C)OCCOC(=O)C=C. The van der Waals surface area contributed by atoms with Gasteiger partial charge in [0.05, 0.1) is 64.1 Å². The van der Waals surface area contributed by atoms with Gasteiger partial charge in [0, 0.05) is 12.2 Å². The smallest absolute Gasteiger partial charge is 0.330 e. The summed E-state index contributed by atoms with van der Waals surface area (Å²) in [7, 11) is 0. The minimum atomic E-state index is -0.468. The quantitative estimate of drug-likeness (QED) is 0.158. The van der Waals surface area contributed by atoms with E-state index in [2.05, 4.69) is 13.2 Å². The van der Waals surface area contributed by atoms with Crippen molar-refractivity contribution in [2.24, 2.45) is 0 Å². The molecule has 0 aliphatic rings. The minimum absolute atomic E-state index is 0.102. The highest BCUT2D eigenvalue weighted by Gasteiger charge is 2.12. The van der Waals surface area contributed by atoms with E-state index in [1.807, 2.05) is 27.7 Å². The van der Waals surface area contributed by atoms with Crippen molar-refractivity contribution in [3.05, 3.63) is 25.3 Å². The number of esters is 2. The third-order valence-electron chi connectivity index (χ3n) is 3.73. The summed E-state index contributed by atoms with van der Waals surface area (Å²) >= 11 is 0. The average molecular weight is 447 g/mol. The molecule has 4 atom stereocenters. The standard InChI is InChI=1S/C22H38O9/c1-7-21(23)27-10-9-25-13-17(3)29-15-19(5)31-16-20(6)30-14-18(4)26-11-12-28-22(24)8-2/h7-8,17-20H,1-2,9-16H2,3-6H3. The number of ether oxygens (including phenoxy) is 7. The third-order valence-corrected chi connectivity index (χ3v) is 3.73. The van der Waals surface area contributed by atoms with Crippen LogP contribution < -0.4 is 0 Å². The number of rotatable bonds is 20. The fourth-order valence-corrected chi connectivity index (χ4v) is 2.05. The first-order chi connectivity index (χ1) is 14.8.